The molecule has 4 aromatic rings. The number of allylic oxidation sites excluding steroid dienone is 11. The molecule has 234 valence electrons. The number of aliphatic imine (C=N–C) groups is 1. The minimum Gasteiger partial charge on any atom is -0.263 e. The molecule has 0 N–H and O–H groups in total. The number of fused-ring (bicyclic) bond motifs is 4. The molecule has 4 aromatic carbocycles. The molecule has 47 heavy (non-hydrogen) atoms. The van der Waals surface area contributed by atoms with Crippen molar-refractivity contribution in [1.82, 2.24) is 0 Å². The number of rotatable bonds is 6. The highest BCUT2D eigenvalue weighted by atomic mass is 15.0. The minimum atomic E-state index is 0.312. The first-order valence-corrected chi connectivity index (χ1v) is 16.6. The smallest absolute Gasteiger partial charge is 0.226 e. The van der Waals surface area contributed by atoms with Gasteiger partial charge in [0.15, 0.2) is 11.9 Å². The number of nitrogens with zero attached hydrogens (tertiary/aromatic N) is 2. The summed E-state index contributed by atoms with van der Waals surface area (Å²) in [6.07, 6.45) is 22.4. The number of benzene rings is 4. The van der Waals surface area contributed by atoms with Crippen molar-refractivity contribution < 1.29 is 4.58 Å². The summed E-state index contributed by atoms with van der Waals surface area (Å²) in [5.41, 5.74) is 14.1. The van der Waals surface area contributed by atoms with E-state index in [9.17, 15) is 0 Å². The average Bonchev–Trinajstić information content (AvgIpc) is 3.43. The van der Waals surface area contributed by atoms with Crippen LogP contribution in [-0.2, 0) is 0 Å². The standard InChI is InChI=1S/C41H35N2.C2H6.C2H4/c1-4-6-7-8-21-43-40-25-34(31-13-10-14-32(23-31)36-26-42-27-36)16-19-38(40)39-20-17-35-24-33(15-18-37(35)41(39)43)30-12-9-11-29(22-30)28(3)5-2;2*1-2/h4-24,26-27,34H,25H2,1-3H3;1-2H3;1-2H2/q+1;;/b6-4-,8-7-,28-5+,43-21?;;. The van der Waals surface area contributed by atoms with Crippen LogP contribution in [0.4, 0.5) is 5.69 Å². The van der Waals surface area contributed by atoms with Crippen LogP contribution in [0.3, 0.4) is 0 Å². The zero-order valence-electron chi connectivity index (χ0n) is 28.4. The van der Waals surface area contributed by atoms with Gasteiger partial charge in [0.2, 0.25) is 5.69 Å². The first kappa shape index (κ1) is 33.0. The summed E-state index contributed by atoms with van der Waals surface area (Å²) in [6.45, 7) is 16.3. The van der Waals surface area contributed by atoms with E-state index >= 15 is 0 Å². The summed E-state index contributed by atoms with van der Waals surface area (Å²) in [5.74, 6) is 0.312. The van der Waals surface area contributed by atoms with Gasteiger partial charge in [-0.05, 0) is 83.8 Å². The van der Waals surface area contributed by atoms with Crippen molar-refractivity contribution in [2.24, 2.45) is 4.99 Å². The summed E-state index contributed by atoms with van der Waals surface area (Å²) in [7, 11) is 0. The Morgan fingerprint density at radius 1 is 0.851 bits per heavy atom. The lowest BCUT2D eigenvalue weighted by atomic mass is 9.86. The zero-order chi connectivity index (χ0) is 33.3. The van der Waals surface area contributed by atoms with Gasteiger partial charge in [0.25, 0.3) is 0 Å². The maximum Gasteiger partial charge on any atom is 0.226 e. The molecular weight excluding hydrogens is 569 g/mol. The van der Waals surface area contributed by atoms with Crippen molar-refractivity contribution >= 4 is 45.6 Å². The highest BCUT2D eigenvalue weighted by molar-refractivity contribution is 6.14. The summed E-state index contributed by atoms with van der Waals surface area (Å²) < 4.78 is 2.43. The molecule has 2 aliphatic heterocycles. The van der Waals surface area contributed by atoms with Crippen molar-refractivity contribution in [2.45, 2.75) is 47.0 Å². The van der Waals surface area contributed by atoms with Crippen LogP contribution < -0.4 is 0 Å². The fourth-order valence-electron chi connectivity index (χ4n) is 6.34. The van der Waals surface area contributed by atoms with Gasteiger partial charge in [0.05, 0.1) is 16.5 Å². The molecule has 0 amide bonds. The predicted molar refractivity (Wildman–Crippen MR) is 208 cm³/mol. The Bertz CT molecular complexity index is 2040. The average molecular weight is 614 g/mol. The molecule has 0 bridgehead atoms. The fourth-order valence-corrected chi connectivity index (χ4v) is 6.34. The molecule has 0 aromatic heterocycles. The molecular formula is C45H45N2+. The van der Waals surface area contributed by atoms with Crippen LogP contribution in [0.5, 0.6) is 0 Å². The highest BCUT2D eigenvalue weighted by Crippen LogP contribution is 2.49. The van der Waals surface area contributed by atoms with Gasteiger partial charge >= 0.3 is 0 Å². The Morgan fingerprint density at radius 3 is 2.36 bits per heavy atom. The molecule has 3 aliphatic rings. The Hall–Kier alpha value is -5.34. The number of hydrogen-bond acceptors (Lipinski definition) is 1. The second-order valence-corrected chi connectivity index (χ2v) is 11.4. The second-order valence-electron chi connectivity index (χ2n) is 11.4. The van der Waals surface area contributed by atoms with Crippen molar-refractivity contribution in [2.75, 3.05) is 0 Å². The van der Waals surface area contributed by atoms with Crippen LogP contribution >= 0.6 is 0 Å². The van der Waals surface area contributed by atoms with Crippen molar-refractivity contribution in [1.29, 1.82) is 0 Å². The quantitative estimate of drug-likeness (QED) is 0.117. The Labute approximate surface area is 281 Å². The summed E-state index contributed by atoms with van der Waals surface area (Å²) in [6, 6.07) is 29.3. The van der Waals surface area contributed by atoms with Crippen molar-refractivity contribution in [3.8, 4) is 11.1 Å². The van der Waals surface area contributed by atoms with E-state index in [0.29, 0.717) is 5.92 Å². The largest absolute Gasteiger partial charge is 0.263 e. The lowest BCUT2D eigenvalue weighted by Crippen LogP contribution is -2.10. The van der Waals surface area contributed by atoms with Gasteiger partial charge < -0.3 is 0 Å². The van der Waals surface area contributed by atoms with Crippen LogP contribution in [0.2, 0.25) is 0 Å². The van der Waals surface area contributed by atoms with E-state index in [1.165, 1.54) is 72.3 Å². The Balaban J connectivity index is 0.00000105. The highest BCUT2D eigenvalue weighted by Gasteiger charge is 2.38. The van der Waals surface area contributed by atoms with Crippen molar-refractivity contribution in [3.05, 3.63) is 169 Å². The Kier molecular flexibility index (Phi) is 10.8. The first-order chi connectivity index (χ1) is 23.1. The van der Waals surface area contributed by atoms with Gasteiger partial charge in [-0.3, -0.25) is 4.99 Å². The maximum atomic E-state index is 4.16. The normalized spacial score (nSPS) is 17.2. The zero-order valence-corrected chi connectivity index (χ0v) is 28.4. The molecule has 0 radical (unpaired) electrons. The van der Waals surface area contributed by atoms with E-state index in [4.69, 9.17) is 0 Å². The van der Waals surface area contributed by atoms with Gasteiger partial charge in [-0.1, -0.05) is 105 Å². The summed E-state index contributed by atoms with van der Waals surface area (Å²) in [5, 5.41) is 2.53. The third kappa shape index (κ3) is 6.64. The summed E-state index contributed by atoms with van der Waals surface area (Å²) >= 11 is 0. The van der Waals surface area contributed by atoms with Gasteiger partial charge in [0, 0.05) is 36.4 Å². The second kappa shape index (κ2) is 15.3. The van der Waals surface area contributed by atoms with E-state index in [0.717, 1.165) is 6.42 Å². The molecule has 2 nitrogen and oxygen atoms in total. The van der Waals surface area contributed by atoms with E-state index < -0.39 is 0 Å². The molecule has 0 fully saturated rings. The van der Waals surface area contributed by atoms with Gasteiger partial charge in [-0.25, -0.2) is 0 Å². The maximum absolute atomic E-state index is 4.16. The first-order valence-electron chi connectivity index (χ1n) is 16.6. The topological polar surface area (TPSA) is 15.4 Å². The molecule has 0 saturated carbocycles. The van der Waals surface area contributed by atoms with Gasteiger partial charge in [-0.2, -0.15) is 4.58 Å². The molecule has 1 unspecified atom stereocenters. The predicted octanol–water partition coefficient (Wildman–Crippen LogP) is 12.5. The van der Waals surface area contributed by atoms with E-state index in [1.807, 2.05) is 33.2 Å². The van der Waals surface area contributed by atoms with E-state index in [-0.39, 0.29) is 0 Å². The van der Waals surface area contributed by atoms with E-state index in [1.54, 1.807) is 0 Å². The van der Waals surface area contributed by atoms with E-state index in [2.05, 4.69) is 164 Å². The van der Waals surface area contributed by atoms with Gasteiger partial charge in [0.1, 0.15) is 0 Å². The van der Waals surface area contributed by atoms with Crippen LogP contribution in [0.1, 0.15) is 69.2 Å². The van der Waals surface area contributed by atoms with Crippen LogP contribution in [0, 0.1) is 0 Å². The van der Waals surface area contributed by atoms with Gasteiger partial charge in [-0.15, -0.1) is 13.2 Å². The third-order valence-corrected chi connectivity index (χ3v) is 8.84. The number of hydrogen-bond donors (Lipinski definition) is 0. The molecule has 1 atom stereocenters. The Morgan fingerprint density at radius 2 is 1.62 bits per heavy atom. The SMILES string of the molecule is C/C=C\C=C/C=[N+]1C2=C(C=CC(c3cccc(C4=CN=C4)c3)C2)c2ccc3cc(-c4cccc(/C(C)=C/C)c4)ccc3c21.C=C.CC. The monoisotopic (exact) mass is 613 g/mol. The van der Waals surface area contributed by atoms with Crippen LogP contribution in [0.25, 0.3) is 38.6 Å². The molecule has 2 heteroatoms. The lowest BCUT2D eigenvalue weighted by Gasteiger charge is -2.18. The molecule has 0 spiro atoms. The molecule has 0 saturated heterocycles. The van der Waals surface area contributed by atoms with Crippen LogP contribution in [-0.4, -0.2) is 17.0 Å². The molecule has 7 rings (SSSR count). The minimum absolute atomic E-state index is 0.312. The lowest BCUT2D eigenvalue weighted by molar-refractivity contribution is -0.373. The molecule has 2 heterocycles. The van der Waals surface area contributed by atoms with Crippen LogP contribution in [0.15, 0.2) is 151 Å². The van der Waals surface area contributed by atoms with Crippen molar-refractivity contribution in [3.63, 3.8) is 0 Å². The third-order valence-electron chi connectivity index (χ3n) is 8.84. The fraction of sp³-hybridized carbons (Fsp3) is 0.156. The summed E-state index contributed by atoms with van der Waals surface area (Å²) in [4.78, 5) is 4.16. The molecule has 1 aliphatic carbocycles.